The first-order valence-electron chi connectivity index (χ1n) is 5.25. The lowest BCUT2D eigenvalue weighted by atomic mass is 10.1. The zero-order valence-corrected chi connectivity index (χ0v) is 8.81. The van der Waals surface area contributed by atoms with E-state index in [1.54, 1.807) is 0 Å². The number of piperidine rings is 1. The third-order valence-corrected chi connectivity index (χ3v) is 2.48. The van der Waals surface area contributed by atoms with Crippen LogP contribution in [-0.2, 0) is 20.9 Å². The molecule has 0 spiro atoms. The van der Waals surface area contributed by atoms with Crippen LogP contribution in [0, 0.1) is 0 Å². The van der Waals surface area contributed by atoms with Crippen molar-refractivity contribution in [2.24, 2.45) is 0 Å². The average Bonchev–Trinajstić information content (AvgIpc) is 2.29. The molecule has 1 atom stereocenters. The summed E-state index contributed by atoms with van der Waals surface area (Å²) in [5.74, 6) is -0.545. The van der Waals surface area contributed by atoms with Crippen LogP contribution in [-0.4, -0.2) is 17.9 Å². The number of amides is 2. The van der Waals surface area contributed by atoms with Crippen LogP contribution in [0.1, 0.15) is 18.4 Å². The standard InChI is InChI=1S/C12H13NO3/c14-11-7-6-10(12(15)13-11)16-8-9-4-2-1-3-5-9/h1-5,10H,6-8H2,(H,13,14,15). The van der Waals surface area contributed by atoms with Crippen molar-refractivity contribution in [3.8, 4) is 0 Å². The van der Waals surface area contributed by atoms with Crippen LogP contribution in [0.2, 0.25) is 0 Å². The highest BCUT2D eigenvalue weighted by molar-refractivity contribution is 5.99. The Morgan fingerprint density at radius 1 is 1.25 bits per heavy atom. The van der Waals surface area contributed by atoms with Crippen LogP contribution >= 0.6 is 0 Å². The number of carbonyl (C=O) groups is 2. The highest BCUT2D eigenvalue weighted by Crippen LogP contribution is 2.11. The molecule has 1 aliphatic rings. The molecular weight excluding hydrogens is 206 g/mol. The van der Waals surface area contributed by atoms with E-state index in [9.17, 15) is 9.59 Å². The van der Waals surface area contributed by atoms with Gasteiger partial charge in [-0.25, -0.2) is 0 Å². The Balaban J connectivity index is 1.87. The zero-order chi connectivity index (χ0) is 11.4. The zero-order valence-electron chi connectivity index (χ0n) is 8.81. The van der Waals surface area contributed by atoms with Crippen molar-refractivity contribution < 1.29 is 14.3 Å². The van der Waals surface area contributed by atoms with Gasteiger partial charge in [-0.2, -0.15) is 0 Å². The van der Waals surface area contributed by atoms with Crippen molar-refractivity contribution in [1.82, 2.24) is 5.32 Å². The lowest BCUT2D eigenvalue weighted by Crippen LogP contribution is -2.45. The Morgan fingerprint density at radius 3 is 2.69 bits per heavy atom. The summed E-state index contributed by atoms with van der Waals surface area (Å²) in [6.45, 7) is 0.396. The van der Waals surface area contributed by atoms with E-state index in [0.29, 0.717) is 19.4 Å². The summed E-state index contributed by atoms with van der Waals surface area (Å²) < 4.78 is 5.47. The van der Waals surface area contributed by atoms with Gasteiger partial charge in [-0.3, -0.25) is 14.9 Å². The third-order valence-electron chi connectivity index (χ3n) is 2.48. The van der Waals surface area contributed by atoms with E-state index in [1.807, 2.05) is 30.3 Å². The monoisotopic (exact) mass is 219 g/mol. The van der Waals surface area contributed by atoms with E-state index in [4.69, 9.17) is 4.74 Å². The maximum absolute atomic E-state index is 11.4. The fourth-order valence-electron chi connectivity index (χ4n) is 1.60. The van der Waals surface area contributed by atoms with Crippen molar-refractivity contribution in [3.63, 3.8) is 0 Å². The van der Waals surface area contributed by atoms with Crippen LogP contribution in [0.5, 0.6) is 0 Å². The molecule has 0 radical (unpaired) electrons. The van der Waals surface area contributed by atoms with Crippen LogP contribution in [0.25, 0.3) is 0 Å². The molecule has 84 valence electrons. The van der Waals surface area contributed by atoms with E-state index in [1.165, 1.54) is 0 Å². The van der Waals surface area contributed by atoms with Crippen molar-refractivity contribution >= 4 is 11.8 Å². The van der Waals surface area contributed by atoms with E-state index in [-0.39, 0.29) is 11.8 Å². The quantitative estimate of drug-likeness (QED) is 0.772. The Kier molecular flexibility index (Phi) is 3.31. The number of nitrogens with one attached hydrogen (secondary N) is 1. The first-order valence-corrected chi connectivity index (χ1v) is 5.25. The topological polar surface area (TPSA) is 55.4 Å². The molecule has 1 saturated heterocycles. The first-order chi connectivity index (χ1) is 7.75. The summed E-state index contributed by atoms with van der Waals surface area (Å²) in [7, 11) is 0. The molecule has 1 heterocycles. The summed E-state index contributed by atoms with van der Waals surface area (Å²) in [5, 5.41) is 2.26. The number of hydrogen-bond donors (Lipinski definition) is 1. The molecule has 0 aromatic heterocycles. The lowest BCUT2D eigenvalue weighted by molar-refractivity contribution is -0.143. The van der Waals surface area contributed by atoms with Crippen LogP contribution in [0.4, 0.5) is 0 Å². The summed E-state index contributed by atoms with van der Waals surface area (Å²) in [6, 6.07) is 9.64. The molecule has 2 rings (SSSR count). The molecule has 4 nitrogen and oxygen atoms in total. The number of carbonyl (C=O) groups excluding carboxylic acids is 2. The number of ether oxygens (including phenoxy) is 1. The van der Waals surface area contributed by atoms with Gasteiger partial charge in [0.05, 0.1) is 6.61 Å². The predicted octanol–water partition coefficient (Wildman–Crippen LogP) is 1.01. The van der Waals surface area contributed by atoms with E-state index >= 15 is 0 Å². The Labute approximate surface area is 93.6 Å². The lowest BCUT2D eigenvalue weighted by Gasteiger charge is -2.21. The predicted molar refractivity (Wildman–Crippen MR) is 57.4 cm³/mol. The Bertz CT molecular complexity index is 389. The average molecular weight is 219 g/mol. The first kappa shape index (κ1) is 10.8. The molecule has 16 heavy (non-hydrogen) atoms. The molecule has 1 aromatic carbocycles. The minimum absolute atomic E-state index is 0.218. The summed E-state index contributed by atoms with van der Waals surface area (Å²) in [4.78, 5) is 22.3. The van der Waals surface area contributed by atoms with Gasteiger partial charge in [0, 0.05) is 6.42 Å². The van der Waals surface area contributed by atoms with Gasteiger partial charge in [-0.1, -0.05) is 30.3 Å². The van der Waals surface area contributed by atoms with Crippen LogP contribution < -0.4 is 5.32 Å². The Morgan fingerprint density at radius 2 is 2.00 bits per heavy atom. The maximum Gasteiger partial charge on any atom is 0.255 e. The fourth-order valence-corrected chi connectivity index (χ4v) is 1.60. The second-order valence-electron chi connectivity index (χ2n) is 3.74. The van der Waals surface area contributed by atoms with Gasteiger partial charge in [-0.05, 0) is 12.0 Å². The third kappa shape index (κ3) is 2.67. The molecule has 2 amide bonds. The smallest absolute Gasteiger partial charge is 0.255 e. The second-order valence-corrected chi connectivity index (χ2v) is 3.74. The summed E-state index contributed by atoms with van der Waals surface area (Å²) >= 11 is 0. The van der Waals surface area contributed by atoms with Crippen molar-refractivity contribution in [3.05, 3.63) is 35.9 Å². The minimum atomic E-state index is -0.502. The molecule has 1 fully saturated rings. The molecule has 1 aliphatic heterocycles. The van der Waals surface area contributed by atoms with Crippen molar-refractivity contribution in [2.45, 2.75) is 25.6 Å². The number of imide groups is 1. The van der Waals surface area contributed by atoms with Gasteiger partial charge in [0.15, 0.2) is 0 Å². The van der Waals surface area contributed by atoms with Gasteiger partial charge in [-0.15, -0.1) is 0 Å². The van der Waals surface area contributed by atoms with Crippen molar-refractivity contribution in [2.75, 3.05) is 0 Å². The molecule has 1 N–H and O–H groups in total. The maximum atomic E-state index is 11.4. The summed E-state index contributed by atoms with van der Waals surface area (Å²) in [5.41, 5.74) is 1.02. The largest absolute Gasteiger partial charge is 0.364 e. The molecule has 0 bridgehead atoms. The molecule has 1 aromatic rings. The molecule has 0 saturated carbocycles. The molecule has 4 heteroatoms. The van der Waals surface area contributed by atoms with Gasteiger partial charge in [0.1, 0.15) is 6.10 Å². The highest BCUT2D eigenvalue weighted by atomic mass is 16.5. The van der Waals surface area contributed by atoms with Gasteiger partial charge in [0.2, 0.25) is 5.91 Å². The second kappa shape index (κ2) is 4.90. The van der Waals surface area contributed by atoms with Crippen LogP contribution in [0.15, 0.2) is 30.3 Å². The Hall–Kier alpha value is -1.68. The fraction of sp³-hybridized carbons (Fsp3) is 0.333. The van der Waals surface area contributed by atoms with Crippen LogP contribution in [0.3, 0.4) is 0 Å². The number of hydrogen-bond acceptors (Lipinski definition) is 3. The summed E-state index contributed by atoms with van der Waals surface area (Å²) in [6.07, 6.45) is 0.320. The van der Waals surface area contributed by atoms with E-state index < -0.39 is 6.10 Å². The SMILES string of the molecule is O=C1CCC(OCc2ccccc2)C(=O)N1. The molecule has 1 unspecified atom stereocenters. The van der Waals surface area contributed by atoms with Crippen molar-refractivity contribution in [1.29, 1.82) is 0 Å². The van der Waals surface area contributed by atoms with Gasteiger partial charge in [0.25, 0.3) is 5.91 Å². The normalized spacial score (nSPS) is 20.6. The van der Waals surface area contributed by atoms with Gasteiger partial charge >= 0.3 is 0 Å². The van der Waals surface area contributed by atoms with E-state index in [0.717, 1.165) is 5.56 Å². The minimum Gasteiger partial charge on any atom is -0.364 e. The highest BCUT2D eigenvalue weighted by Gasteiger charge is 2.26. The molecular formula is C12H13NO3. The number of benzene rings is 1. The van der Waals surface area contributed by atoms with E-state index in [2.05, 4.69) is 5.32 Å². The molecule has 0 aliphatic carbocycles. The number of rotatable bonds is 3. The van der Waals surface area contributed by atoms with Gasteiger partial charge < -0.3 is 4.74 Å².